The molecule has 0 amide bonds. The van der Waals surface area contributed by atoms with E-state index in [9.17, 15) is 9.50 Å². The van der Waals surface area contributed by atoms with Crippen LogP contribution >= 0.6 is 15.9 Å². The fourth-order valence-electron chi connectivity index (χ4n) is 1.80. The van der Waals surface area contributed by atoms with Crippen molar-refractivity contribution in [3.63, 3.8) is 0 Å². The lowest BCUT2D eigenvalue weighted by molar-refractivity contribution is 0.0888. The van der Waals surface area contributed by atoms with Crippen LogP contribution in [0, 0.1) is 11.7 Å². The molecule has 1 fully saturated rings. The van der Waals surface area contributed by atoms with Gasteiger partial charge < -0.3 is 9.84 Å². The van der Waals surface area contributed by atoms with Crippen molar-refractivity contribution in [3.8, 4) is 0 Å². The number of benzene rings is 1. The van der Waals surface area contributed by atoms with Gasteiger partial charge in [-0.2, -0.15) is 0 Å². The Kier molecular flexibility index (Phi) is 3.38. The van der Waals surface area contributed by atoms with E-state index in [4.69, 9.17) is 4.74 Å². The van der Waals surface area contributed by atoms with E-state index in [1.807, 2.05) is 0 Å². The summed E-state index contributed by atoms with van der Waals surface area (Å²) in [4.78, 5) is 0. The molecular weight excluding hydrogens is 263 g/mol. The quantitative estimate of drug-likeness (QED) is 0.899. The summed E-state index contributed by atoms with van der Waals surface area (Å²) in [5, 5.41) is 9.98. The Hall–Kier alpha value is -0.450. The average molecular weight is 275 g/mol. The summed E-state index contributed by atoms with van der Waals surface area (Å²) in [6, 6.07) is 4.96. The van der Waals surface area contributed by atoms with Crippen LogP contribution in [0.2, 0.25) is 0 Å². The largest absolute Gasteiger partial charge is 0.388 e. The molecule has 82 valence electrons. The van der Waals surface area contributed by atoms with Crippen molar-refractivity contribution >= 4 is 15.9 Å². The Morgan fingerprint density at radius 1 is 1.53 bits per heavy atom. The van der Waals surface area contributed by atoms with Crippen molar-refractivity contribution in [1.82, 2.24) is 0 Å². The molecule has 0 aromatic heterocycles. The molecular formula is C11H12BrFO2. The van der Waals surface area contributed by atoms with E-state index in [2.05, 4.69) is 15.9 Å². The highest BCUT2D eigenvalue weighted by atomic mass is 79.9. The van der Waals surface area contributed by atoms with Gasteiger partial charge >= 0.3 is 0 Å². The second-order valence-electron chi connectivity index (χ2n) is 3.71. The molecule has 1 aliphatic rings. The third-order valence-electron chi connectivity index (χ3n) is 2.71. The lowest BCUT2D eigenvalue weighted by Gasteiger charge is -2.17. The van der Waals surface area contributed by atoms with E-state index in [1.54, 1.807) is 18.2 Å². The highest BCUT2D eigenvalue weighted by molar-refractivity contribution is 9.10. The number of aliphatic hydroxyl groups is 1. The van der Waals surface area contributed by atoms with Crippen molar-refractivity contribution in [1.29, 1.82) is 0 Å². The highest BCUT2D eigenvalue weighted by Gasteiger charge is 2.27. The number of halogens is 2. The van der Waals surface area contributed by atoms with Gasteiger partial charge in [-0.1, -0.05) is 12.1 Å². The van der Waals surface area contributed by atoms with Gasteiger partial charge in [-0.3, -0.25) is 0 Å². The van der Waals surface area contributed by atoms with Crippen LogP contribution in [0.25, 0.3) is 0 Å². The first-order valence-corrected chi connectivity index (χ1v) is 5.69. The molecule has 0 spiro atoms. The lowest BCUT2D eigenvalue weighted by Crippen LogP contribution is -2.14. The lowest BCUT2D eigenvalue weighted by atomic mass is 9.95. The minimum Gasteiger partial charge on any atom is -0.388 e. The Morgan fingerprint density at radius 3 is 3.00 bits per heavy atom. The molecule has 2 atom stereocenters. The Balaban J connectivity index is 2.24. The summed E-state index contributed by atoms with van der Waals surface area (Å²) in [6.07, 6.45) is 0.0117. The summed E-state index contributed by atoms with van der Waals surface area (Å²) >= 11 is 3.11. The van der Waals surface area contributed by atoms with Gasteiger partial charge in [0.25, 0.3) is 0 Å². The first kappa shape index (κ1) is 11.0. The summed E-state index contributed by atoms with van der Waals surface area (Å²) in [5.41, 5.74) is 0.347. The normalized spacial score (nSPS) is 23.0. The first-order valence-electron chi connectivity index (χ1n) is 4.90. The highest BCUT2D eigenvalue weighted by Crippen LogP contribution is 2.32. The van der Waals surface area contributed by atoms with Gasteiger partial charge in [0, 0.05) is 18.1 Å². The SMILES string of the molecule is OC(c1cccc(Br)c1F)C1CCOC1. The minimum absolute atomic E-state index is 0.00815. The zero-order valence-electron chi connectivity index (χ0n) is 8.12. The van der Waals surface area contributed by atoms with Crippen LogP contribution in [0.15, 0.2) is 22.7 Å². The zero-order valence-corrected chi connectivity index (χ0v) is 9.71. The van der Waals surface area contributed by atoms with Gasteiger partial charge in [0.1, 0.15) is 5.82 Å². The second kappa shape index (κ2) is 4.60. The van der Waals surface area contributed by atoms with Crippen LogP contribution in [-0.2, 0) is 4.74 Å². The topological polar surface area (TPSA) is 29.5 Å². The van der Waals surface area contributed by atoms with Crippen molar-refractivity contribution in [2.45, 2.75) is 12.5 Å². The van der Waals surface area contributed by atoms with Gasteiger partial charge in [0.05, 0.1) is 17.2 Å². The zero-order chi connectivity index (χ0) is 10.8. The number of ether oxygens (including phenoxy) is 1. The van der Waals surface area contributed by atoms with E-state index in [0.717, 1.165) is 6.42 Å². The standard InChI is InChI=1S/C11H12BrFO2/c12-9-3-1-2-8(10(9)13)11(14)7-4-5-15-6-7/h1-3,7,11,14H,4-6H2. The molecule has 1 aliphatic heterocycles. The molecule has 1 saturated heterocycles. The Bertz CT molecular complexity index is 350. The minimum atomic E-state index is -0.773. The van der Waals surface area contributed by atoms with E-state index >= 15 is 0 Å². The predicted molar refractivity (Wildman–Crippen MR) is 58.0 cm³/mol. The Morgan fingerprint density at radius 2 is 2.33 bits per heavy atom. The van der Waals surface area contributed by atoms with Gasteiger partial charge in [-0.25, -0.2) is 4.39 Å². The van der Waals surface area contributed by atoms with Gasteiger partial charge in [-0.05, 0) is 28.4 Å². The monoisotopic (exact) mass is 274 g/mol. The van der Waals surface area contributed by atoms with Crippen LogP contribution in [0.5, 0.6) is 0 Å². The van der Waals surface area contributed by atoms with E-state index in [0.29, 0.717) is 23.2 Å². The molecule has 0 radical (unpaired) electrons. The van der Waals surface area contributed by atoms with Crippen LogP contribution in [-0.4, -0.2) is 18.3 Å². The van der Waals surface area contributed by atoms with E-state index in [1.165, 1.54) is 0 Å². The molecule has 0 aliphatic carbocycles. The summed E-state index contributed by atoms with van der Waals surface area (Å²) < 4.78 is 19.2. The molecule has 1 heterocycles. The molecule has 4 heteroatoms. The van der Waals surface area contributed by atoms with Crippen LogP contribution in [0.3, 0.4) is 0 Å². The number of rotatable bonds is 2. The number of hydrogen-bond acceptors (Lipinski definition) is 2. The molecule has 1 aromatic rings. The van der Waals surface area contributed by atoms with Crippen molar-refractivity contribution in [3.05, 3.63) is 34.1 Å². The van der Waals surface area contributed by atoms with Crippen LogP contribution in [0.4, 0.5) is 4.39 Å². The van der Waals surface area contributed by atoms with Gasteiger partial charge in [0.15, 0.2) is 0 Å². The molecule has 15 heavy (non-hydrogen) atoms. The molecule has 1 aromatic carbocycles. The fourth-order valence-corrected chi connectivity index (χ4v) is 2.19. The van der Waals surface area contributed by atoms with Crippen molar-refractivity contribution in [2.75, 3.05) is 13.2 Å². The van der Waals surface area contributed by atoms with Crippen molar-refractivity contribution < 1.29 is 14.2 Å². The third kappa shape index (κ3) is 2.22. The number of aliphatic hydroxyl groups excluding tert-OH is 1. The smallest absolute Gasteiger partial charge is 0.143 e. The average Bonchev–Trinajstić information content (AvgIpc) is 2.74. The second-order valence-corrected chi connectivity index (χ2v) is 4.57. The van der Waals surface area contributed by atoms with Crippen molar-refractivity contribution in [2.24, 2.45) is 5.92 Å². The molecule has 0 bridgehead atoms. The van der Waals surface area contributed by atoms with Crippen LogP contribution in [0.1, 0.15) is 18.1 Å². The maximum absolute atomic E-state index is 13.7. The first-order chi connectivity index (χ1) is 7.20. The molecule has 0 saturated carbocycles. The van der Waals surface area contributed by atoms with Crippen LogP contribution < -0.4 is 0 Å². The molecule has 2 unspecified atom stereocenters. The molecule has 2 nitrogen and oxygen atoms in total. The maximum atomic E-state index is 13.7. The maximum Gasteiger partial charge on any atom is 0.143 e. The molecule has 2 rings (SSSR count). The number of hydrogen-bond donors (Lipinski definition) is 1. The summed E-state index contributed by atoms with van der Waals surface area (Å²) in [6.45, 7) is 1.16. The fraction of sp³-hybridized carbons (Fsp3) is 0.455. The Labute approximate surface area is 96.2 Å². The summed E-state index contributed by atoms with van der Waals surface area (Å²) in [7, 11) is 0. The van der Waals surface area contributed by atoms with E-state index in [-0.39, 0.29) is 11.7 Å². The van der Waals surface area contributed by atoms with E-state index < -0.39 is 6.10 Å². The van der Waals surface area contributed by atoms with Gasteiger partial charge in [0.2, 0.25) is 0 Å². The predicted octanol–water partition coefficient (Wildman–Crippen LogP) is 2.66. The summed E-state index contributed by atoms with van der Waals surface area (Å²) in [5.74, 6) is -0.370. The molecule has 1 N–H and O–H groups in total. The van der Waals surface area contributed by atoms with Gasteiger partial charge in [-0.15, -0.1) is 0 Å². The third-order valence-corrected chi connectivity index (χ3v) is 3.32.